The second-order valence-corrected chi connectivity index (χ2v) is 4.42. The van der Waals surface area contributed by atoms with E-state index in [9.17, 15) is 14.4 Å². The molecule has 7 nitrogen and oxygen atoms in total. The van der Waals surface area contributed by atoms with E-state index in [1.165, 1.54) is 6.92 Å². The van der Waals surface area contributed by atoms with Crippen LogP contribution in [0.4, 0.5) is 0 Å². The van der Waals surface area contributed by atoms with E-state index in [-0.39, 0.29) is 19.4 Å². The van der Waals surface area contributed by atoms with Gasteiger partial charge in [-0.25, -0.2) is 0 Å². The van der Waals surface area contributed by atoms with Gasteiger partial charge in [-0.15, -0.1) is 0 Å². The molecule has 21 heavy (non-hydrogen) atoms. The Morgan fingerprint density at radius 2 is 1.90 bits per heavy atom. The lowest BCUT2D eigenvalue weighted by molar-refractivity contribution is -0.146. The average Bonchev–Trinajstić information content (AvgIpc) is 2.42. The van der Waals surface area contributed by atoms with E-state index in [4.69, 9.17) is 20.9 Å². The van der Waals surface area contributed by atoms with Crippen molar-refractivity contribution in [3.63, 3.8) is 0 Å². The number of rotatable bonds is 7. The van der Waals surface area contributed by atoms with Gasteiger partial charge in [0.15, 0.2) is 0 Å². The number of ether oxygens (including phenoxy) is 2. The van der Waals surface area contributed by atoms with E-state index in [0.29, 0.717) is 11.3 Å². The fourth-order valence-corrected chi connectivity index (χ4v) is 1.55. The number of carbonyl (C=O) groups is 3. The molecule has 0 unspecified atom stereocenters. The Morgan fingerprint density at radius 1 is 1.24 bits per heavy atom. The normalized spacial score (nSPS) is 11.5. The minimum atomic E-state index is -0.918. The van der Waals surface area contributed by atoms with Gasteiger partial charge in [0.1, 0.15) is 18.4 Å². The summed E-state index contributed by atoms with van der Waals surface area (Å²) in [6.45, 7) is 1.20. The van der Waals surface area contributed by atoms with Crippen molar-refractivity contribution >= 4 is 17.8 Å². The first-order valence-corrected chi connectivity index (χ1v) is 6.37. The van der Waals surface area contributed by atoms with Gasteiger partial charge in [-0.1, -0.05) is 18.2 Å². The van der Waals surface area contributed by atoms with E-state index >= 15 is 0 Å². The maximum absolute atomic E-state index is 11.7. The lowest BCUT2D eigenvalue weighted by atomic mass is 10.1. The van der Waals surface area contributed by atoms with Crippen molar-refractivity contribution in [3.8, 4) is 5.75 Å². The quantitative estimate of drug-likeness (QED) is 0.549. The molecule has 1 atom stereocenters. The molecule has 0 bridgehead atoms. The van der Waals surface area contributed by atoms with Gasteiger partial charge in [-0.3, -0.25) is 14.4 Å². The van der Waals surface area contributed by atoms with Crippen molar-refractivity contribution in [1.82, 2.24) is 0 Å². The third kappa shape index (κ3) is 6.05. The Hall–Kier alpha value is -2.41. The summed E-state index contributed by atoms with van der Waals surface area (Å²) in [5.74, 6) is -1.32. The second kappa shape index (κ2) is 8.01. The SMILES string of the molecule is CC(=O)Oc1ccccc1COC(=O)[C@@H](N)CCC(N)=O. The Labute approximate surface area is 122 Å². The third-order valence-electron chi connectivity index (χ3n) is 2.60. The fourth-order valence-electron chi connectivity index (χ4n) is 1.55. The predicted molar refractivity (Wildman–Crippen MR) is 74.0 cm³/mol. The molecule has 0 radical (unpaired) electrons. The smallest absolute Gasteiger partial charge is 0.323 e. The summed E-state index contributed by atoms with van der Waals surface area (Å²) in [5.41, 5.74) is 11.1. The second-order valence-electron chi connectivity index (χ2n) is 4.42. The van der Waals surface area contributed by atoms with Crippen LogP contribution >= 0.6 is 0 Å². The number of amides is 1. The van der Waals surface area contributed by atoms with Crippen molar-refractivity contribution < 1.29 is 23.9 Å². The number of hydrogen-bond acceptors (Lipinski definition) is 6. The largest absolute Gasteiger partial charge is 0.460 e. The molecule has 0 aliphatic rings. The lowest BCUT2D eigenvalue weighted by Gasteiger charge is -2.12. The van der Waals surface area contributed by atoms with E-state index in [0.717, 1.165) is 0 Å². The Bertz CT molecular complexity index is 530. The summed E-state index contributed by atoms with van der Waals surface area (Å²) in [6.07, 6.45) is 0.139. The molecule has 1 rings (SSSR count). The van der Waals surface area contributed by atoms with Crippen LogP contribution < -0.4 is 16.2 Å². The zero-order valence-corrected chi connectivity index (χ0v) is 11.7. The van der Waals surface area contributed by atoms with E-state index in [2.05, 4.69) is 0 Å². The number of carbonyl (C=O) groups excluding carboxylic acids is 3. The topological polar surface area (TPSA) is 122 Å². The van der Waals surface area contributed by atoms with Crippen molar-refractivity contribution in [2.45, 2.75) is 32.4 Å². The summed E-state index contributed by atoms with van der Waals surface area (Å²) in [7, 11) is 0. The first-order chi connectivity index (χ1) is 9.90. The molecule has 0 aromatic heterocycles. The highest BCUT2D eigenvalue weighted by Gasteiger charge is 2.17. The molecule has 1 aromatic rings. The monoisotopic (exact) mass is 294 g/mol. The molecule has 7 heteroatoms. The van der Waals surface area contributed by atoms with Gasteiger partial charge >= 0.3 is 11.9 Å². The van der Waals surface area contributed by atoms with E-state index < -0.39 is 23.9 Å². The predicted octanol–water partition coefficient (Wildman–Crippen LogP) is 0.248. The Kier molecular flexibility index (Phi) is 6.35. The molecule has 0 aliphatic heterocycles. The number of esters is 2. The van der Waals surface area contributed by atoms with Crippen LogP contribution in [0, 0.1) is 0 Å². The minimum Gasteiger partial charge on any atom is -0.460 e. The molecule has 4 N–H and O–H groups in total. The van der Waals surface area contributed by atoms with Crippen LogP contribution in [0.3, 0.4) is 0 Å². The summed E-state index contributed by atoms with van der Waals surface area (Å²) >= 11 is 0. The number of primary amides is 1. The summed E-state index contributed by atoms with van der Waals surface area (Å²) in [4.78, 5) is 33.2. The molecule has 0 heterocycles. The Balaban J connectivity index is 2.56. The van der Waals surface area contributed by atoms with Gasteiger partial charge in [0.05, 0.1) is 0 Å². The highest BCUT2D eigenvalue weighted by atomic mass is 16.5. The first-order valence-electron chi connectivity index (χ1n) is 6.37. The lowest BCUT2D eigenvalue weighted by Crippen LogP contribution is -2.33. The van der Waals surface area contributed by atoms with Crippen LogP contribution in [-0.2, 0) is 25.7 Å². The van der Waals surface area contributed by atoms with E-state index in [1.54, 1.807) is 24.3 Å². The summed E-state index contributed by atoms with van der Waals surface area (Å²) in [5, 5.41) is 0. The molecule has 0 saturated heterocycles. The van der Waals surface area contributed by atoms with Gasteiger partial charge < -0.3 is 20.9 Å². The van der Waals surface area contributed by atoms with E-state index in [1.807, 2.05) is 0 Å². The van der Waals surface area contributed by atoms with Crippen molar-refractivity contribution in [1.29, 1.82) is 0 Å². The van der Waals surface area contributed by atoms with Crippen LogP contribution in [0.1, 0.15) is 25.3 Å². The molecule has 0 aliphatic carbocycles. The Morgan fingerprint density at radius 3 is 2.52 bits per heavy atom. The molecule has 0 saturated carbocycles. The van der Waals surface area contributed by atoms with Crippen LogP contribution in [-0.4, -0.2) is 23.9 Å². The number of benzene rings is 1. The first kappa shape index (κ1) is 16.6. The zero-order chi connectivity index (χ0) is 15.8. The highest BCUT2D eigenvalue weighted by molar-refractivity contribution is 5.78. The molecule has 0 spiro atoms. The van der Waals surface area contributed by atoms with Crippen LogP contribution in [0.15, 0.2) is 24.3 Å². The number of para-hydroxylation sites is 1. The summed E-state index contributed by atoms with van der Waals surface area (Å²) < 4.78 is 10.0. The molecule has 0 fully saturated rings. The van der Waals surface area contributed by atoms with Gasteiger partial charge in [0.2, 0.25) is 5.91 Å². The maximum Gasteiger partial charge on any atom is 0.323 e. The maximum atomic E-state index is 11.7. The van der Waals surface area contributed by atoms with Crippen LogP contribution in [0.2, 0.25) is 0 Å². The zero-order valence-electron chi connectivity index (χ0n) is 11.7. The van der Waals surface area contributed by atoms with Gasteiger partial charge in [-0.2, -0.15) is 0 Å². The fraction of sp³-hybridized carbons (Fsp3) is 0.357. The highest BCUT2D eigenvalue weighted by Crippen LogP contribution is 2.19. The van der Waals surface area contributed by atoms with Crippen molar-refractivity contribution in [3.05, 3.63) is 29.8 Å². The molecular weight excluding hydrogens is 276 g/mol. The van der Waals surface area contributed by atoms with Crippen LogP contribution in [0.5, 0.6) is 5.75 Å². The van der Waals surface area contributed by atoms with Crippen molar-refractivity contribution in [2.75, 3.05) is 0 Å². The summed E-state index contributed by atoms with van der Waals surface area (Å²) in [6, 6.07) is 5.77. The minimum absolute atomic E-state index is 0.0142. The van der Waals surface area contributed by atoms with Crippen molar-refractivity contribution in [2.24, 2.45) is 11.5 Å². The molecule has 1 aromatic carbocycles. The average molecular weight is 294 g/mol. The third-order valence-corrected chi connectivity index (χ3v) is 2.60. The number of nitrogens with two attached hydrogens (primary N) is 2. The van der Waals surface area contributed by atoms with Gasteiger partial charge in [0, 0.05) is 18.9 Å². The molecular formula is C14H18N2O5. The molecule has 114 valence electrons. The standard InChI is InChI=1S/C14H18N2O5/c1-9(17)21-12-5-3-2-4-10(12)8-20-14(19)11(15)6-7-13(16)18/h2-5,11H,6-8,15H2,1H3,(H2,16,18)/t11-/m0/s1. The van der Waals surface area contributed by atoms with Gasteiger partial charge in [0.25, 0.3) is 0 Å². The van der Waals surface area contributed by atoms with Gasteiger partial charge in [-0.05, 0) is 12.5 Å². The number of hydrogen-bond donors (Lipinski definition) is 2. The van der Waals surface area contributed by atoms with Crippen LogP contribution in [0.25, 0.3) is 0 Å². The molecule has 1 amide bonds.